The number of carbonyl (C=O) groups excluding carboxylic acids is 1. The van der Waals surface area contributed by atoms with E-state index in [0.717, 1.165) is 30.5 Å². The smallest absolute Gasteiger partial charge is 0.248 e. The van der Waals surface area contributed by atoms with E-state index in [0.29, 0.717) is 24.7 Å². The van der Waals surface area contributed by atoms with Gasteiger partial charge in [0.15, 0.2) is 0 Å². The molecule has 0 spiro atoms. The molecule has 1 fully saturated rings. The van der Waals surface area contributed by atoms with Crippen LogP contribution in [0.15, 0.2) is 28.7 Å². The minimum Gasteiger partial charge on any atom is -0.420 e. The maximum atomic E-state index is 11.9. The number of likely N-dealkylation sites (tertiary alicyclic amines) is 1. The van der Waals surface area contributed by atoms with Crippen LogP contribution >= 0.6 is 0 Å². The molecule has 0 aliphatic carbocycles. The third kappa shape index (κ3) is 2.89. The number of piperidine rings is 1. The van der Waals surface area contributed by atoms with E-state index < -0.39 is 0 Å². The molecule has 5 nitrogen and oxygen atoms in total. The van der Waals surface area contributed by atoms with E-state index in [4.69, 9.17) is 4.42 Å². The third-order valence-electron chi connectivity index (χ3n) is 4.24. The molecule has 116 valence electrons. The fraction of sp³-hybridized carbons (Fsp3) is 0.471. The second-order valence-electron chi connectivity index (χ2n) is 5.79. The molecule has 1 amide bonds. The molecule has 1 aromatic heterocycles. The number of hydrogen-bond donors (Lipinski definition) is 0. The first-order valence-electron chi connectivity index (χ1n) is 7.86. The average molecular weight is 299 g/mol. The van der Waals surface area contributed by atoms with Gasteiger partial charge in [-0.15, -0.1) is 10.2 Å². The SMILES string of the molecule is CCC(=O)N1CCC[C@@H](c2nnc(-c3ccccc3C)o2)C1. The molecular weight excluding hydrogens is 278 g/mol. The maximum Gasteiger partial charge on any atom is 0.248 e. The summed E-state index contributed by atoms with van der Waals surface area (Å²) in [6.45, 7) is 5.44. The van der Waals surface area contributed by atoms with Gasteiger partial charge < -0.3 is 9.32 Å². The summed E-state index contributed by atoms with van der Waals surface area (Å²) in [6.07, 6.45) is 2.52. The highest BCUT2D eigenvalue weighted by Gasteiger charge is 2.28. The molecule has 22 heavy (non-hydrogen) atoms. The molecule has 1 aromatic carbocycles. The van der Waals surface area contributed by atoms with Gasteiger partial charge in [0.2, 0.25) is 17.7 Å². The molecule has 0 saturated carbocycles. The molecule has 0 unspecified atom stereocenters. The number of rotatable bonds is 3. The Hall–Kier alpha value is -2.17. The number of aromatic nitrogens is 2. The van der Waals surface area contributed by atoms with Crippen molar-refractivity contribution in [2.45, 2.75) is 39.0 Å². The van der Waals surface area contributed by atoms with Crippen molar-refractivity contribution in [3.8, 4) is 11.5 Å². The number of carbonyl (C=O) groups is 1. The Morgan fingerprint density at radius 3 is 2.95 bits per heavy atom. The minimum atomic E-state index is 0.148. The van der Waals surface area contributed by atoms with E-state index in [1.807, 2.05) is 43.0 Å². The van der Waals surface area contributed by atoms with Gasteiger partial charge in [-0.1, -0.05) is 25.1 Å². The number of amides is 1. The summed E-state index contributed by atoms with van der Waals surface area (Å²) >= 11 is 0. The summed E-state index contributed by atoms with van der Waals surface area (Å²) in [7, 11) is 0. The van der Waals surface area contributed by atoms with E-state index in [1.54, 1.807) is 0 Å². The van der Waals surface area contributed by atoms with Crippen molar-refractivity contribution < 1.29 is 9.21 Å². The molecule has 1 saturated heterocycles. The highest BCUT2D eigenvalue weighted by Crippen LogP contribution is 2.29. The molecule has 1 atom stereocenters. The second-order valence-corrected chi connectivity index (χ2v) is 5.79. The van der Waals surface area contributed by atoms with Crippen molar-refractivity contribution in [2.75, 3.05) is 13.1 Å². The Morgan fingerprint density at radius 2 is 2.18 bits per heavy atom. The van der Waals surface area contributed by atoms with Crippen LogP contribution in [-0.2, 0) is 4.79 Å². The van der Waals surface area contributed by atoms with Gasteiger partial charge in [0.05, 0.1) is 5.92 Å². The Labute approximate surface area is 130 Å². The maximum absolute atomic E-state index is 11.9. The standard InChI is InChI=1S/C17H21N3O2/c1-3-15(21)20-10-6-8-13(11-20)16-18-19-17(22-16)14-9-5-4-7-12(14)2/h4-5,7,9,13H,3,6,8,10-11H2,1-2H3/t13-/m1/s1. The summed E-state index contributed by atoms with van der Waals surface area (Å²) in [6, 6.07) is 7.97. The van der Waals surface area contributed by atoms with Crippen molar-refractivity contribution in [3.05, 3.63) is 35.7 Å². The lowest BCUT2D eigenvalue weighted by Crippen LogP contribution is -2.38. The van der Waals surface area contributed by atoms with Gasteiger partial charge in [-0.2, -0.15) is 0 Å². The summed E-state index contributed by atoms with van der Waals surface area (Å²) in [5.74, 6) is 1.55. The van der Waals surface area contributed by atoms with Crippen molar-refractivity contribution >= 4 is 5.91 Å². The highest BCUT2D eigenvalue weighted by atomic mass is 16.4. The van der Waals surface area contributed by atoms with E-state index >= 15 is 0 Å². The van der Waals surface area contributed by atoms with Crippen LogP contribution in [0.5, 0.6) is 0 Å². The summed E-state index contributed by atoms with van der Waals surface area (Å²) in [4.78, 5) is 13.8. The molecular formula is C17H21N3O2. The third-order valence-corrected chi connectivity index (χ3v) is 4.24. The number of benzene rings is 1. The number of hydrogen-bond acceptors (Lipinski definition) is 4. The molecule has 0 radical (unpaired) electrons. The van der Waals surface area contributed by atoms with Crippen LogP contribution in [0.1, 0.15) is 43.6 Å². The van der Waals surface area contributed by atoms with Crippen LogP contribution < -0.4 is 0 Å². The number of nitrogens with zero attached hydrogens (tertiary/aromatic N) is 3. The molecule has 2 aromatic rings. The Balaban J connectivity index is 1.79. The first kappa shape index (κ1) is 14.8. The van der Waals surface area contributed by atoms with Crippen molar-refractivity contribution in [1.82, 2.24) is 15.1 Å². The largest absolute Gasteiger partial charge is 0.420 e. The lowest BCUT2D eigenvalue weighted by Gasteiger charge is -2.30. The van der Waals surface area contributed by atoms with Crippen LogP contribution in [0.25, 0.3) is 11.5 Å². The average Bonchev–Trinajstić information content (AvgIpc) is 3.04. The molecule has 0 bridgehead atoms. The van der Waals surface area contributed by atoms with Gasteiger partial charge in [0.1, 0.15) is 0 Å². The van der Waals surface area contributed by atoms with Crippen molar-refractivity contribution in [1.29, 1.82) is 0 Å². The summed E-state index contributed by atoms with van der Waals surface area (Å²) in [5, 5.41) is 8.41. The van der Waals surface area contributed by atoms with Gasteiger partial charge in [-0.3, -0.25) is 4.79 Å². The molecule has 1 aliphatic rings. The molecule has 0 N–H and O–H groups in total. The van der Waals surface area contributed by atoms with Gasteiger partial charge in [-0.05, 0) is 31.4 Å². The number of aryl methyl sites for hydroxylation is 1. The Morgan fingerprint density at radius 1 is 1.36 bits per heavy atom. The zero-order valence-corrected chi connectivity index (χ0v) is 13.1. The zero-order chi connectivity index (χ0) is 15.5. The second kappa shape index (κ2) is 6.30. The van der Waals surface area contributed by atoms with Crippen LogP contribution in [0.2, 0.25) is 0 Å². The van der Waals surface area contributed by atoms with Gasteiger partial charge in [-0.25, -0.2) is 0 Å². The predicted molar refractivity (Wildman–Crippen MR) is 83.3 cm³/mol. The minimum absolute atomic E-state index is 0.148. The lowest BCUT2D eigenvalue weighted by atomic mass is 9.98. The monoisotopic (exact) mass is 299 g/mol. The normalized spacial score (nSPS) is 18.5. The quantitative estimate of drug-likeness (QED) is 0.873. The lowest BCUT2D eigenvalue weighted by molar-refractivity contribution is -0.132. The van der Waals surface area contributed by atoms with Gasteiger partial charge in [0, 0.05) is 25.1 Å². The first-order valence-corrected chi connectivity index (χ1v) is 7.86. The van der Waals surface area contributed by atoms with Crippen LogP contribution in [-0.4, -0.2) is 34.1 Å². The summed E-state index contributed by atoms with van der Waals surface area (Å²) < 4.78 is 5.89. The van der Waals surface area contributed by atoms with E-state index in [2.05, 4.69) is 10.2 Å². The van der Waals surface area contributed by atoms with Crippen LogP contribution in [0, 0.1) is 6.92 Å². The van der Waals surface area contributed by atoms with Gasteiger partial charge >= 0.3 is 0 Å². The van der Waals surface area contributed by atoms with E-state index in [1.165, 1.54) is 0 Å². The molecule has 2 heterocycles. The highest BCUT2D eigenvalue weighted by molar-refractivity contribution is 5.76. The van der Waals surface area contributed by atoms with Crippen LogP contribution in [0.4, 0.5) is 0 Å². The molecule has 1 aliphatic heterocycles. The van der Waals surface area contributed by atoms with Crippen LogP contribution in [0.3, 0.4) is 0 Å². The zero-order valence-electron chi connectivity index (χ0n) is 13.1. The fourth-order valence-corrected chi connectivity index (χ4v) is 2.95. The van der Waals surface area contributed by atoms with Crippen molar-refractivity contribution in [2.24, 2.45) is 0 Å². The molecule has 3 rings (SSSR count). The predicted octanol–water partition coefficient (Wildman–Crippen LogP) is 3.16. The fourth-order valence-electron chi connectivity index (χ4n) is 2.95. The summed E-state index contributed by atoms with van der Waals surface area (Å²) in [5.41, 5.74) is 2.09. The topological polar surface area (TPSA) is 59.2 Å². The Bertz CT molecular complexity index is 665. The van der Waals surface area contributed by atoms with E-state index in [-0.39, 0.29) is 11.8 Å². The van der Waals surface area contributed by atoms with Gasteiger partial charge in [0.25, 0.3) is 0 Å². The molecule has 5 heteroatoms. The Kier molecular flexibility index (Phi) is 4.22. The van der Waals surface area contributed by atoms with E-state index in [9.17, 15) is 4.79 Å². The first-order chi connectivity index (χ1) is 10.7. The van der Waals surface area contributed by atoms with Crippen molar-refractivity contribution in [3.63, 3.8) is 0 Å².